The van der Waals surface area contributed by atoms with Crippen LogP contribution in [0, 0.1) is 35.0 Å². The molecule has 2 saturated heterocycles. The lowest BCUT2D eigenvalue weighted by Crippen LogP contribution is -2.53. The van der Waals surface area contributed by atoms with Crippen molar-refractivity contribution in [1.29, 1.82) is 0 Å². The summed E-state index contributed by atoms with van der Waals surface area (Å²) in [5.74, 6) is -1.80. The lowest BCUT2D eigenvalue weighted by Gasteiger charge is -2.48. The molecule has 2 heterocycles. The van der Waals surface area contributed by atoms with Crippen molar-refractivity contribution in [1.82, 2.24) is 0 Å². The molecule has 5 aliphatic rings. The maximum atomic E-state index is 13.8. The molecule has 1 spiro atoms. The Labute approximate surface area is 218 Å². The summed E-state index contributed by atoms with van der Waals surface area (Å²) in [4.78, 5) is 50.8. The molecular formula is C30H38O7. The number of hydrogen-bond acceptors (Lipinski definition) is 7. The van der Waals surface area contributed by atoms with Gasteiger partial charge < -0.3 is 19.4 Å². The van der Waals surface area contributed by atoms with Gasteiger partial charge in [0.2, 0.25) is 0 Å². The van der Waals surface area contributed by atoms with Gasteiger partial charge in [0.15, 0.2) is 5.78 Å². The third-order valence-electron chi connectivity index (χ3n) is 10.1. The molecule has 200 valence electrons. The molecule has 9 atom stereocenters. The van der Waals surface area contributed by atoms with Crippen LogP contribution in [0.15, 0.2) is 35.5 Å². The van der Waals surface area contributed by atoms with Gasteiger partial charge in [0.05, 0.1) is 5.60 Å². The van der Waals surface area contributed by atoms with Crippen LogP contribution in [-0.2, 0) is 28.7 Å². The zero-order valence-corrected chi connectivity index (χ0v) is 22.2. The van der Waals surface area contributed by atoms with Crippen LogP contribution < -0.4 is 0 Å². The Hall–Kier alpha value is -2.54. The normalized spacial score (nSPS) is 42.9. The van der Waals surface area contributed by atoms with E-state index in [1.165, 1.54) is 12.5 Å². The molecule has 1 N–H and O–H groups in total. The minimum atomic E-state index is -1.30. The van der Waals surface area contributed by atoms with Gasteiger partial charge in [-0.15, -0.1) is 0 Å². The van der Waals surface area contributed by atoms with E-state index in [-0.39, 0.29) is 71.7 Å². The number of fused-ring (bicyclic) bond motifs is 4. The lowest BCUT2D eigenvalue weighted by atomic mass is 9.54. The van der Waals surface area contributed by atoms with Crippen LogP contribution in [0.3, 0.4) is 0 Å². The van der Waals surface area contributed by atoms with Crippen molar-refractivity contribution >= 4 is 23.5 Å². The van der Waals surface area contributed by atoms with Gasteiger partial charge in [-0.25, -0.2) is 4.79 Å². The van der Waals surface area contributed by atoms with Crippen molar-refractivity contribution in [2.45, 2.75) is 90.4 Å². The molecule has 5 rings (SSSR count). The Kier molecular flexibility index (Phi) is 6.37. The second-order valence-electron chi connectivity index (χ2n) is 12.2. The Balaban J connectivity index is 1.57. The van der Waals surface area contributed by atoms with Crippen LogP contribution in [0.4, 0.5) is 0 Å². The predicted octanol–water partition coefficient (Wildman–Crippen LogP) is 4.03. The highest BCUT2D eigenvalue weighted by atomic mass is 16.6. The molecule has 37 heavy (non-hydrogen) atoms. The van der Waals surface area contributed by atoms with Crippen molar-refractivity contribution in [3.63, 3.8) is 0 Å². The molecule has 3 aliphatic carbocycles. The van der Waals surface area contributed by atoms with E-state index in [1.807, 2.05) is 6.92 Å². The van der Waals surface area contributed by atoms with Crippen LogP contribution >= 0.6 is 0 Å². The minimum absolute atomic E-state index is 0.144. The third-order valence-corrected chi connectivity index (χ3v) is 10.1. The van der Waals surface area contributed by atoms with E-state index in [4.69, 9.17) is 9.47 Å². The fourth-order valence-electron chi connectivity index (χ4n) is 7.95. The van der Waals surface area contributed by atoms with E-state index in [0.717, 1.165) is 0 Å². The summed E-state index contributed by atoms with van der Waals surface area (Å²) in [5.41, 5.74) is -0.483. The Morgan fingerprint density at radius 2 is 1.84 bits per heavy atom. The largest absolute Gasteiger partial charge is 0.461 e. The van der Waals surface area contributed by atoms with Gasteiger partial charge >= 0.3 is 11.9 Å². The van der Waals surface area contributed by atoms with Crippen LogP contribution in [0.5, 0.6) is 0 Å². The van der Waals surface area contributed by atoms with Crippen molar-refractivity contribution in [3.05, 3.63) is 35.5 Å². The molecule has 0 aromatic heterocycles. The quantitative estimate of drug-likeness (QED) is 0.346. The van der Waals surface area contributed by atoms with Crippen molar-refractivity contribution in [3.8, 4) is 0 Å². The topological polar surface area (TPSA) is 107 Å². The Morgan fingerprint density at radius 1 is 1.11 bits per heavy atom. The molecule has 7 nitrogen and oxygen atoms in total. The van der Waals surface area contributed by atoms with Gasteiger partial charge in [0.1, 0.15) is 23.4 Å². The van der Waals surface area contributed by atoms with Crippen LogP contribution in [0.1, 0.15) is 72.6 Å². The molecule has 0 radical (unpaired) electrons. The van der Waals surface area contributed by atoms with E-state index >= 15 is 0 Å². The van der Waals surface area contributed by atoms with Crippen LogP contribution in [0.2, 0.25) is 0 Å². The number of rotatable bonds is 4. The zero-order chi connectivity index (χ0) is 26.9. The first-order chi connectivity index (χ1) is 17.4. The van der Waals surface area contributed by atoms with E-state index in [1.54, 1.807) is 13.0 Å². The predicted molar refractivity (Wildman–Crippen MR) is 135 cm³/mol. The number of esters is 2. The van der Waals surface area contributed by atoms with Crippen LogP contribution in [-0.4, -0.2) is 46.4 Å². The zero-order valence-electron chi connectivity index (χ0n) is 22.2. The molecule has 0 aromatic rings. The number of carbonyl (C=O) groups is 4. The molecule has 1 saturated carbocycles. The van der Waals surface area contributed by atoms with Crippen LogP contribution in [0.25, 0.3) is 0 Å². The summed E-state index contributed by atoms with van der Waals surface area (Å²) in [6.07, 6.45) is 6.70. The van der Waals surface area contributed by atoms with Gasteiger partial charge in [-0.1, -0.05) is 32.1 Å². The first kappa shape index (κ1) is 26.1. The van der Waals surface area contributed by atoms with Gasteiger partial charge in [-0.05, 0) is 76.2 Å². The average molecular weight is 511 g/mol. The summed E-state index contributed by atoms with van der Waals surface area (Å²) in [7, 11) is 0. The van der Waals surface area contributed by atoms with Gasteiger partial charge in [-0.3, -0.25) is 9.59 Å². The van der Waals surface area contributed by atoms with E-state index in [0.29, 0.717) is 49.7 Å². The second-order valence-corrected chi connectivity index (χ2v) is 12.2. The lowest BCUT2D eigenvalue weighted by molar-refractivity contribution is -0.151. The first-order valence-electron chi connectivity index (χ1n) is 13.6. The SMILES string of the molecule is C=C1C(=O)O[C@@H]2C[C@H](C)[C@@]3(O)C=C(C(C)=O)[C@@]4(C[C@H]3C[C@H]12)C(=O)O[C@H]1C[C@@H](C)C(CCC(C)=O)=CC[C@H]14. The molecule has 0 aromatic carbocycles. The van der Waals surface area contributed by atoms with Gasteiger partial charge in [-0.2, -0.15) is 0 Å². The molecular weight excluding hydrogens is 472 g/mol. The molecule has 2 aliphatic heterocycles. The molecule has 0 amide bonds. The first-order valence-corrected chi connectivity index (χ1v) is 13.6. The van der Waals surface area contributed by atoms with Gasteiger partial charge in [0, 0.05) is 29.4 Å². The Bertz CT molecular complexity index is 1130. The number of Topliss-reactive ketones (excluding diaryl/α,β-unsaturated/α-hetero) is 2. The van der Waals surface area contributed by atoms with E-state index in [2.05, 4.69) is 19.6 Å². The molecule has 3 fully saturated rings. The number of allylic oxidation sites excluding steroid dienone is 2. The maximum absolute atomic E-state index is 13.8. The smallest absolute Gasteiger partial charge is 0.334 e. The fraction of sp³-hybridized carbons (Fsp3) is 0.667. The van der Waals surface area contributed by atoms with E-state index in [9.17, 15) is 24.3 Å². The summed E-state index contributed by atoms with van der Waals surface area (Å²) in [6.45, 7) is 11.0. The average Bonchev–Trinajstić information content (AvgIpc) is 3.09. The standard InChI is InChI=1S/C30H38O7/c1-15-10-26-23(9-8-20(15)7-6-17(3)31)29(28(34)37-26)13-21-12-22-18(4)27(33)36-25(22)11-16(2)30(21,35)14-24(29)19(5)32/h8,14-16,21-23,25-26,35H,4,6-7,9-13H2,1-3,5H3/t15-,16+,21-,22-,23-,25-,26+,29+,30+/m1/s1. The Morgan fingerprint density at radius 3 is 2.51 bits per heavy atom. The number of aliphatic hydroxyl groups is 1. The summed E-state index contributed by atoms with van der Waals surface area (Å²) < 4.78 is 11.6. The number of hydrogen-bond donors (Lipinski definition) is 1. The van der Waals surface area contributed by atoms with Crippen molar-refractivity contribution in [2.24, 2.45) is 35.0 Å². The highest BCUT2D eigenvalue weighted by molar-refractivity contribution is 6.03. The summed E-state index contributed by atoms with van der Waals surface area (Å²) in [6, 6.07) is 0. The monoisotopic (exact) mass is 510 g/mol. The minimum Gasteiger partial charge on any atom is -0.461 e. The fourth-order valence-corrected chi connectivity index (χ4v) is 7.95. The maximum Gasteiger partial charge on any atom is 0.334 e. The number of ketones is 2. The molecule has 0 unspecified atom stereocenters. The van der Waals surface area contributed by atoms with Crippen molar-refractivity contribution < 1.29 is 33.8 Å². The highest BCUT2D eigenvalue weighted by Gasteiger charge is 2.66. The summed E-state index contributed by atoms with van der Waals surface area (Å²) >= 11 is 0. The van der Waals surface area contributed by atoms with Gasteiger partial charge in [0.25, 0.3) is 0 Å². The number of ether oxygens (including phenoxy) is 2. The van der Waals surface area contributed by atoms with Crippen molar-refractivity contribution in [2.75, 3.05) is 0 Å². The van der Waals surface area contributed by atoms with E-state index < -0.39 is 11.0 Å². The number of carbonyl (C=O) groups excluding carboxylic acids is 4. The third kappa shape index (κ3) is 3.96. The highest BCUT2D eigenvalue weighted by Crippen LogP contribution is 2.61. The molecule has 0 bridgehead atoms. The second kappa shape index (κ2) is 9.04. The molecule has 7 heteroatoms. The summed E-state index contributed by atoms with van der Waals surface area (Å²) in [5, 5.41) is 12.1.